The summed E-state index contributed by atoms with van der Waals surface area (Å²) in [7, 11) is 0. The molecule has 1 fully saturated rings. The van der Waals surface area contributed by atoms with Crippen molar-refractivity contribution in [2.45, 2.75) is 30.9 Å². The average molecular weight is 339 g/mol. The molecular formula is C16H19ClN2O4. The van der Waals surface area contributed by atoms with E-state index in [0.717, 1.165) is 18.5 Å². The maximum absolute atomic E-state index is 12.0. The first-order chi connectivity index (χ1) is 11.1. The topological polar surface area (TPSA) is 84.5 Å². The monoisotopic (exact) mass is 338 g/mol. The van der Waals surface area contributed by atoms with Crippen molar-refractivity contribution >= 4 is 29.3 Å². The second-order valence-electron chi connectivity index (χ2n) is 5.30. The van der Waals surface area contributed by atoms with Crippen LogP contribution in [-0.4, -0.2) is 42.2 Å². The summed E-state index contributed by atoms with van der Waals surface area (Å²) < 4.78 is 4.98. The highest BCUT2D eigenvalue weighted by Crippen LogP contribution is 2.12. The summed E-state index contributed by atoms with van der Waals surface area (Å²) in [5.41, 5.74) is 0.840. The van der Waals surface area contributed by atoms with Gasteiger partial charge in [-0.2, -0.15) is 0 Å². The molecule has 124 valence electrons. The fourth-order valence-electron chi connectivity index (χ4n) is 2.29. The lowest BCUT2D eigenvalue weighted by atomic mass is 10.1. The predicted molar refractivity (Wildman–Crippen MR) is 85.3 cm³/mol. The minimum Gasteiger partial charge on any atom is -0.445 e. The third-order valence-electron chi connectivity index (χ3n) is 3.56. The number of nitrogens with one attached hydrogen (secondary N) is 2. The minimum atomic E-state index is -1.25. The van der Waals surface area contributed by atoms with Crippen LogP contribution in [0, 0.1) is 0 Å². The first kappa shape index (κ1) is 17.4. The van der Waals surface area contributed by atoms with Crippen LogP contribution in [0.5, 0.6) is 0 Å². The van der Waals surface area contributed by atoms with Crippen molar-refractivity contribution in [3.63, 3.8) is 0 Å². The number of Topliss-reactive ketones (excluding diaryl/α,β-unsaturated/α-hetero) is 2. The lowest BCUT2D eigenvalue weighted by Gasteiger charge is -2.13. The number of alkyl halides is 1. The third-order valence-corrected chi connectivity index (χ3v) is 4.01. The number of carbonyl (C=O) groups excluding carboxylic acids is 3. The highest BCUT2D eigenvalue weighted by Gasteiger charge is 2.32. The van der Waals surface area contributed by atoms with Crippen molar-refractivity contribution in [3.8, 4) is 0 Å². The number of carbonyl (C=O) groups is 3. The average Bonchev–Trinajstić information content (AvgIpc) is 3.12. The number of ether oxygens (including phenoxy) is 1. The summed E-state index contributed by atoms with van der Waals surface area (Å²) >= 11 is 5.89. The summed E-state index contributed by atoms with van der Waals surface area (Å²) in [6.07, 6.45) is 0.845. The largest absolute Gasteiger partial charge is 0.445 e. The van der Waals surface area contributed by atoms with Gasteiger partial charge in [0.2, 0.25) is 0 Å². The fraction of sp³-hybridized carbons (Fsp3) is 0.438. The second kappa shape index (κ2) is 8.64. The van der Waals surface area contributed by atoms with E-state index in [2.05, 4.69) is 10.6 Å². The Balaban J connectivity index is 1.70. The maximum atomic E-state index is 12.0. The van der Waals surface area contributed by atoms with Crippen LogP contribution in [0.15, 0.2) is 30.3 Å². The Morgan fingerprint density at radius 1 is 1.30 bits per heavy atom. The molecule has 1 heterocycles. The molecular weight excluding hydrogens is 320 g/mol. The van der Waals surface area contributed by atoms with E-state index >= 15 is 0 Å². The van der Waals surface area contributed by atoms with E-state index < -0.39 is 17.3 Å². The van der Waals surface area contributed by atoms with Gasteiger partial charge in [0, 0.05) is 0 Å². The van der Waals surface area contributed by atoms with Gasteiger partial charge in [-0.05, 0) is 24.9 Å². The van der Waals surface area contributed by atoms with E-state index in [1.807, 2.05) is 30.3 Å². The zero-order valence-electron chi connectivity index (χ0n) is 12.6. The van der Waals surface area contributed by atoms with Crippen LogP contribution in [0.25, 0.3) is 0 Å². The minimum absolute atomic E-state index is 0.107. The number of amides is 1. The Labute approximate surface area is 139 Å². The number of hydrogen-bond acceptors (Lipinski definition) is 5. The highest BCUT2D eigenvalue weighted by molar-refractivity contribution is 6.43. The molecule has 2 atom stereocenters. The molecule has 1 aliphatic heterocycles. The van der Waals surface area contributed by atoms with E-state index in [1.54, 1.807) is 0 Å². The van der Waals surface area contributed by atoms with Crippen molar-refractivity contribution in [1.29, 1.82) is 0 Å². The van der Waals surface area contributed by atoms with E-state index in [-0.39, 0.29) is 25.0 Å². The Bertz CT molecular complexity index is 558. The number of halogens is 1. The molecule has 1 amide bonds. The Morgan fingerprint density at radius 2 is 2.04 bits per heavy atom. The van der Waals surface area contributed by atoms with Gasteiger partial charge < -0.3 is 15.4 Å². The van der Waals surface area contributed by atoms with E-state index in [9.17, 15) is 14.4 Å². The summed E-state index contributed by atoms with van der Waals surface area (Å²) in [4.78, 5) is 35.4. The summed E-state index contributed by atoms with van der Waals surface area (Å²) in [5.74, 6) is -0.879. The smallest absolute Gasteiger partial charge is 0.407 e. The molecule has 0 aromatic heterocycles. The normalized spacial score (nSPS) is 18.2. The first-order valence-corrected chi connectivity index (χ1v) is 7.90. The number of alkyl carbamates (subject to hydrolysis) is 1. The zero-order valence-corrected chi connectivity index (χ0v) is 13.3. The molecule has 23 heavy (non-hydrogen) atoms. The van der Waals surface area contributed by atoms with E-state index in [4.69, 9.17) is 16.3 Å². The van der Waals surface area contributed by atoms with Crippen molar-refractivity contribution in [2.24, 2.45) is 0 Å². The summed E-state index contributed by atoms with van der Waals surface area (Å²) in [6.45, 7) is 0.522. The van der Waals surface area contributed by atoms with E-state index in [1.165, 1.54) is 0 Å². The van der Waals surface area contributed by atoms with Gasteiger partial charge in [-0.15, -0.1) is 11.6 Å². The molecule has 1 aliphatic rings. The van der Waals surface area contributed by atoms with Crippen molar-refractivity contribution < 1.29 is 19.1 Å². The molecule has 0 radical (unpaired) electrons. The van der Waals surface area contributed by atoms with Gasteiger partial charge in [0.25, 0.3) is 0 Å². The van der Waals surface area contributed by atoms with Gasteiger partial charge in [0.15, 0.2) is 16.9 Å². The molecule has 1 aromatic carbocycles. The van der Waals surface area contributed by atoms with Gasteiger partial charge in [0.1, 0.15) is 6.61 Å². The predicted octanol–water partition coefficient (Wildman–Crippen LogP) is 1.41. The SMILES string of the molecule is O=C(NCC(=O)C(Cl)C(=O)[C@@H]1CCCN1)OCc1ccccc1. The Kier molecular flexibility index (Phi) is 6.55. The molecule has 1 unspecified atom stereocenters. The first-order valence-electron chi connectivity index (χ1n) is 7.46. The van der Waals surface area contributed by atoms with Crippen molar-refractivity contribution in [2.75, 3.05) is 13.1 Å². The lowest BCUT2D eigenvalue weighted by molar-refractivity contribution is -0.127. The van der Waals surface area contributed by atoms with Gasteiger partial charge in [-0.1, -0.05) is 30.3 Å². The van der Waals surface area contributed by atoms with Gasteiger partial charge in [-0.3, -0.25) is 9.59 Å². The van der Waals surface area contributed by atoms with Crippen molar-refractivity contribution in [1.82, 2.24) is 10.6 Å². The fourth-order valence-corrected chi connectivity index (χ4v) is 2.51. The van der Waals surface area contributed by atoms with Crippen LogP contribution in [0.4, 0.5) is 4.79 Å². The van der Waals surface area contributed by atoms with Crippen LogP contribution in [0.2, 0.25) is 0 Å². The standard InChI is InChI=1S/C16H19ClN2O4/c17-14(15(21)12-7-4-8-18-12)13(20)9-19-16(22)23-10-11-5-2-1-3-6-11/h1-3,5-6,12,14,18H,4,7-10H2,(H,19,22)/t12-,14?/m0/s1. The number of ketones is 2. The van der Waals surface area contributed by atoms with Crippen LogP contribution < -0.4 is 10.6 Å². The lowest BCUT2D eigenvalue weighted by Crippen LogP contribution is -2.43. The number of benzene rings is 1. The molecule has 6 nitrogen and oxygen atoms in total. The van der Waals surface area contributed by atoms with Gasteiger partial charge in [0.05, 0.1) is 12.6 Å². The zero-order chi connectivity index (χ0) is 16.7. The highest BCUT2D eigenvalue weighted by atomic mass is 35.5. The van der Waals surface area contributed by atoms with Crippen LogP contribution in [0.3, 0.4) is 0 Å². The van der Waals surface area contributed by atoms with Gasteiger partial charge >= 0.3 is 6.09 Å². The van der Waals surface area contributed by atoms with Crippen LogP contribution in [-0.2, 0) is 20.9 Å². The summed E-state index contributed by atoms with van der Waals surface area (Å²) in [5, 5.41) is 4.06. The quantitative estimate of drug-likeness (QED) is 0.580. The van der Waals surface area contributed by atoms with Crippen molar-refractivity contribution in [3.05, 3.63) is 35.9 Å². The molecule has 2 N–H and O–H groups in total. The number of rotatable bonds is 7. The molecule has 0 spiro atoms. The second-order valence-corrected chi connectivity index (χ2v) is 5.73. The Morgan fingerprint density at radius 3 is 2.70 bits per heavy atom. The van der Waals surface area contributed by atoms with E-state index in [0.29, 0.717) is 6.42 Å². The molecule has 0 aliphatic carbocycles. The van der Waals surface area contributed by atoms with Crippen LogP contribution >= 0.6 is 11.6 Å². The van der Waals surface area contributed by atoms with Crippen LogP contribution in [0.1, 0.15) is 18.4 Å². The molecule has 7 heteroatoms. The Hall–Kier alpha value is -1.92. The maximum Gasteiger partial charge on any atom is 0.407 e. The molecule has 0 saturated carbocycles. The molecule has 1 saturated heterocycles. The summed E-state index contributed by atoms with van der Waals surface area (Å²) in [6, 6.07) is 8.80. The van der Waals surface area contributed by atoms with Gasteiger partial charge in [-0.25, -0.2) is 4.79 Å². The third kappa shape index (κ3) is 5.33. The molecule has 1 aromatic rings. The molecule has 2 rings (SSSR count). The number of hydrogen-bond donors (Lipinski definition) is 2. The molecule has 0 bridgehead atoms.